The molecule has 0 saturated carbocycles. The average molecular weight is 256 g/mol. The topological polar surface area (TPSA) is 46.5 Å². The first-order chi connectivity index (χ1) is 9.15. The summed E-state index contributed by atoms with van der Waals surface area (Å²) in [4.78, 5) is 11.2. The number of hydrogen-bond donors (Lipinski definition) is 1. The van der Waals surface area contributed by atoms with Gasteiger partial charge in [0.2, 0.25) is 0 Å². The Kier molecular flexibility index (Phi) is 3.85. The fraction of sp³-hybridized carbons (Fsp3) is 0.188. The van der Waals surface area contributed by atoms with E-state index in [1.165, 1.54) is 0 Å². The molecule has 0 aromatic heterocycles. The summed E-state index contributed by atoms with van der Waals surface area (Å²) >= 11 is 0. The summed E-state index contributed by atoms with van der Waals surface area (Å²) in [6.45, 7) is 4.18. The zero-order chi connectivity index (χ0) is 13.8. The zero-order valence-corrected chi connectivity index (χ0v) is 11.0. The number of ether oxygens (including phenoxy) is 1. The highest BCUT2D eigenvalue weighted by atomic mass is 16.5. The van der Waals surface area contributed by atoms with Crippen molar-refractivity contribution in [3.05, 3.63) is 53.6 Å². The molecule has 0 aliphatic heterocycles. The molecular formula is C16H16O3. The minimum atomic E-state index is -0.967. The van der Waals surface area contributed by atoms with Crippen molar-refractivity contribution in [1.29, 1.82) is 0 Å². The second-order valence-electron chi connectivity index (χ2n) is 4.22. The van der Waals surface area contributed by atoms with Gasteiger partial charge in [-0.05, 0) is 36.6 Å². The van der Waals surface area contributed by atoms with Gasteiger partial charge in [0.1, 0.15) is 11.3 Å². The maximum atomic E-state index is 11.2. The van der Waals surface area contributed by atoms with Crippen LogP contribution in [0.25, 0.3) is 11.1 Å². The number of hydrogen-bond acceptors (Lipinski definition) is 2. The van der Waals surface area contributed by atoms with Crippen molar-refractivity contribution in [3.8, 4) is 16.9 Å². The van der Waals surface area contributed by atoms with E-state index in [0.29, 0.717) is 12.4 Å². The Morgan fingerprint density at radius 1 is 1.16 bits per heavy atom. The highest BCUT2D eigenvalue weighted by molar-refractivity contribution is 5.93. The lowest BCUT2D eigenvalue weighted by molar-refractivity contribution is 0.0692. The molecule has 3 heteroatoms. The van der Waals surface area contributed by atoms with Crippen LogP contribution in [0.3, 0.4) is 0 Å². The molecule has 2 rings (SSSR count). The standard InChI is InChI=1S/C16H16O3/c1-3-19-15-11(2)13(9-10-14(15)16(17)18)12-7-5-4-6-8-12/h4-10H,3H2,1-2H3,(H,17,18). The molecular weight excluding hydrogens is 240 g/mol. The molecule has 0 heterocycles. The number of carboxylic acids is 1. The molecule has 0 atom stereocenters. The third kappa shape index (κ3) is 2.60. The van der Waals surface area contributed by atoms with E-state index in [0.717, 1.165) is 16.7 Å². The lowest BCUT2D eigenvalue weighted by atomic mass is 9.97. The summed E-state index contributed by atoms with van der Waals surface area (Å²) in [6.07, 6.45) is 0. The molecule has 0 radical (unpaired) electrons. The summed E-state index contributed by atoms with van der Waals surface area (Å²) < 4.78 is 5.51. The van der Waals surface area contributed by atoms with Gasteiger partial charge in [-0.15, -0.1) is 0 Å². The van der Waals surface area contributed by atoms with E-state index in [1.807, 2.05) is 50.2 Å². The third-order valence-corrected chi connectivity index (χ3v) is 3.01. The number of aromatic carboxylic acids is 1. The van der Waals surface area contributed by atoms with Crippen LogP contribution in [0.4, 0.5) is 0 Å². The van der Waals surface area contributed by atoms with Gasteiger partial charge in [0, 0.05) is 0 Å². The highest BCUT2D eigenvalue weighted by Gasteiger charge is 2.16. The normalized spacial score (nSPS) is 10.2. The Hall–Kier alpha value is -2.29. The molecule has 0 aliphatic carbocycles. The maximum Gasteiger partial charge on any atom is 0.339 e. The van der Waals surface area contributed by atoms with Gasteiger partial charge in [-0.2, -0.15) is 0 Å². The van der Waals surface area contributed by atoms with Gasteiger partial charge in [-0.25, -0.2) is 4.79 Å². The van der Waals surface area contributed by atoms with Crippen molar-refractivity contribution in [2.45, 2.75) is 13.8 Å². The first-order valence-electron chi connectivity index (χ1n) is 6.20. The van der Waals surface area contributed by atoms with Crippen molar-refractivity contribution < 1.29 is 14.6 Å². The summed E-state index contributed by atoms with van der Waals surface area (Å²) in [5, 5.41) is 9.20. The lowest BCUT2D eigenvalue weighted by Gasteiger charge is -2.14. The third-order valence-electron chi connectivity index (χ3n) is 3.01. The first-order valence-corrected chi connectivity index (χ1v) is 6.20. The summed E-state index contributed by atoms with van der Waals surface area (Å²) in [5.74, 6) is -0.512. The van der Waals surface area contributed by atoms with E-state index in [-0.39, 0.29) is 5.56 Å². The minimum absolute atomic E-state index is 0.207. The SMILES string of the molecule is CCOc1c(C(=O)O)ccc(-c2ccccc2)c1C. The van der Waals surface area contributed by atoms with Crippen LogP contribution in [0.15, 0.2) is 42.5 Å². The van der Waals surface area contributed by atoms with E-state index in [9.17, 15) is 9.90 Å². The van der Waals surface area contributed by atoms with E-state index < -0.39 is 5.97 Å². The first kappa shape index (κ1) is 13.1. The Morgan fingerprint density at radius 3 is 2.42 bits per heavy atom. The number of rotatable bonds is 4. The second-order valence-corrected chi connectivity index (χ2v) is 4.22. The van der Waals surface area contributed by atoms with Crippen LogP contribution in [-0.2, 0) is 0 Å². The molecule has 3 nitrogen and oxygen atoms in total. The molecule has 0 bridgehead atoms. The fourth-order valence-corrected chi connectivity index (χ4v) is 2.12. The van der Waals surface area contributed by atoms with Gasteiger partial charge in [0.15, 0.2) is 0 Å². The van der Waals surface area contributed by atoms with Crippen molar-refractivity contribution in [2.75, 3.05) is 6.61 Å². The molecule has 2 aromatic rings. The van der Waals surface area contributed by atoms with E-state index in [2.05, 4.69) is 0 Å². The molecule has 0 unspecified atom stereocenters. The number of carbonyl (C=O) groups is 1. The monoisotopic (exact) mass is 256 g/mol. The van der Waals surface area contributed by atoms with Gasteiger partial charge < -0.3 is 9.84 Å². The molecule has 0 fully saturated rings. The second kappa shape index (κ2) is 5.57. The van der Waals surface area contributed by atoms with Crippen LogP contribution in [-0.4, -0.2) is 17.7 Å². The Bertz CT molecular complexity index is 588. The molecule has 98 valence electrons. The van der Waals surface area contributed by atoms with Crippen LogP contribution in [0.5, 0.6) is 5.75 Å². The number of carboxylic acid groups (broad SMARTS) is 1. The van der Waals surface area contributed by atoms with Crippen LogP contribution in [0, 0.1) is 6.92 Å². The van der Waals surface area contributed by atoms with Crippen LogP contribution in [0.1, 0.15) is 22.8 Å². The van der Waals surface area contributed by atoms with E-state index in [1.54, 1.807) is 6.07 Å². The largest absolute Gasteiger partial charge is 0.493 e. The molecule has 0 saturated heterocycles. The maximum absolute atomic E-state index is 11.2. The predicted octanol–water partition coefficient (Wildman–Crippen LogP) is 3.76. The molecule has 2 aromatic carbocycles. The van der Waals surface area contributed by atoms with E-state index >= 15 is 0 Å². The van der Waals surface area contributed by atoms with Gasteiger partial charge in [-0.1, -0.05) is 36.4 Å². The molecule has 1 N–H and O–H groups in total. The Labute approximate surface area is 112 Å². The minimum Gasteiger partial charge on any atom is -0.493 e. The van der Waals surface area contributed by atoms with Gasteiger partial charge >= 0.3 is 5.97 Å². The van der Waals surface area contributed by atoms with Gasteiger partial charge in [0.25, 0.3) is 0 Å². The summed E-state index contributed by atoms with van der Waals surface area (Å²) in [7, 11) is 0. The molecule has 0 spiro atoms. The van der Waals surface area contributed by atoms with Gasteiger partial charge in [0.05, 0.1) is 6.61 Å². The fourth-order valence-electron chi connectivity index (χ4n) is 2.12. The lowest BCUT2D eigenvalue weighted by Crippen LogP contribution is -2.05. The molecule has 0 aliphatic rings. The molecule has 19 heavy (non-hydrogen) atoms. The number of benzene rings is 2. The van der Waals surface area contributed by atoms with Crippen molar-refractivity contribution >= 4 is 5.97 Å². The Morgan fingerprint density at radius 2 is 1.84 bits per heavy atom. The van der Waals surface area contributed by atoms with Crippen molar-refractivity contribution in [1.82, 2.24) is 0 Å². The van der Waals surface area contributed by atoms with Crippen molar-refractivity contribution in [3.63, 3.8) is 0 Å². The predicted molar refractivity (Wildman–Crippen MR) is 74.7 cm³/mol. The summed E-state index contributed by atoms with van der Waals surface area (Å²) in [5.41, 5.74) is 3.11. The Balaban J connectivity index is 2.60. The van der Waals surface area contributed by atoms with E-state index in [4.69, 9.17) is 4.74 Å². The van der Waals surface area contributed by atoms with Crippen molar-refractivity contribution in [2.24, 2.45) is 0 Å². The highest BCUT2D eigenvalue weighted by Crippen LogP contribution is 2.33. The zero-order valence-electron chi connectivity index (χ0n) is 11.0. The van der Waals surface area contributed by atoms with Gasteiger partial charge in [-0.3, -0.25) is 0 Å². The average Bonchev–Trinajstić information content (AvgIpc) is 2.42. The quantitative estimate of drug-likeness (QED) is 0.906. The van der Waals surface area contributed by atoms with Crippen LogP contribution in [0.2, 0.25) is 0 Å². The smallest absolute Gasteiger partial charge is 0.339 e. The van der Waals surface area contributed by atoms with Crippen LogP contribution >= 0.6 is 0 Å². The molecule has 0 amide bonds. The van der Waals surface area contributed by atoms with Crippen LogP contribution < -0.4 is 4.74 Å². The summed E-state index contributed by atoms with van der Waals surface area (Å²) in [6, 6.07) is 13.3.